The third-order valence-electron chi connectivity index (χ3n) is 8.51. The van der Waals surface area contributed by atoms with Gasteiger partial charge in [-0.3, -0.25) is 0 Å². The van der Waals surface area contributed by atoms with Gasteiger partial charge in [-0.2, -0.15) is 0 Å². The average Bonchev–Trinajstić information content (AvgIpc) is 3.22. The number of carbonyl (C=O) groups is 6. The van der Waals surface area contributed by atoms with E-state index in [9.17, 15) is 28.8 Å². The molecule has 1 rings (SSSR count). The molecule has 0 fully saturated rings. The summed E-state index contributed by atoms with van der Waals surface area (Å²) < 4.78 is 42.0. The molecule has 0 unspecified atom stereocenters. The fourth-order valence-corrected chi connectivity index (χ4v) is 8.89. The second-order valence-corrected chi connectivity index (χ2v) is 22.7. The molecule has 60 heavy (non-hydrogen) atoms. The number of ether oxygens (including phenoxy) is 8. The third-order valence-corrected chi connectivity index (χ3v) is 14.2. The van der Waals surface area contributed by atoms with Crippen molar-refractivity contribution in [3.8, 4) is 0 Å². The van der Waals surface area contributed by atoms with Crippen molar-refractivity contribution >= 4 is 56.1 Å². The maximum atomic E-state index is 12.4. The van der Waals surface area contributed by atoms with Crippen LogP contribution in [0.15, 0.2) is 84.7 Å². The zero-order valence-corrected chi connectivity index (χ0v) is 37.5. The maximum Gasteiger partial charge on any atom is 0.407 e. The monoisotopic (exact) mass is 884 g/mol. The maximum absolute atomic E-state index is 12.4. The largest absolute Gasteiger partial charge is 0.460 e. The summed E-state index contributed by atoms with van der Waals surface area (Å²) >= 11 is 0. The summed E-state index contributed by atoms with van der Waals surface area (Å²) in [5.74, 6) is -0.881. The molecule has 338 valence electrons. The van der Waals surface area contributed by atoms with Crippen molar-refractivity contribution in [3.63, 3.8) is 0 Å². The fraction of sp³-hybridized carbons (Fsp3) is 0.524. The number of hydrogen-bond acceptors (Lipinski definition) is 14. The van der Waals surface area contributed by atoms with Gasteiger partial charge in [-0.05, 0) is 97.3 Å². The summed E-state index contributed by atoms with van der Waals surface area (Å²) in [6.45, 7) is 16.6. The van der Waals surface area contributed by atoms with Gasteiger partial charge in [0.15, 0.2) is 0 Å². The minimum atomic E-state index is -1.25. The van der Waals surface area contributed by atoms with Crippen LogP contribution >= 0.6 is 20.1 Å². The third kappa shape index (κ3) is 22.0. The normalized spacial score (nSPS) is 12.1. The molecule has 2 N–H and O–H groups in total. The molecule has 1 aromatic carbocycles. The van der Waals surface area contributed by atoms with Crippen LogP contribution in [0, 0.1) is 0 Å². The predicted molar refractivity (Wildman–Crippen MR) is 233 cm³/mol. The lowest BCUT2D eigenvalue weighted by molar-refractivity contribution is -0.146. The molecule has 16 nitrogen and oxygen atoms in total. The summed E-state index contributed by atoms with van der Waals surface area (Å²) in [7, 11) is -2.19. The van der Waals surface area contributed by atoms with Crippen LogP contribution in [0.3, 0.4) is 0 Å². The van der Waals surface area contributed by atoms with E-state index in [0.29, 0.717) is 13.2 Å². The zero-order valence-electron chi connectivity index (χ0n) is 35.9. The van der Waals surface area contributed by atoms with Crippen molar-refractivity contribution in [1.29, 1.82) is 0 Å². The quantitative estimate of drug-likeness (QED) is 0.0440. The minimum Gasteiger partial charge on any atom is -0.460 e. The highest BCUT2D eigenvalue weighted by atomic mass is 32.3. The molecule has 0 aliphatic rings. The Kier molecular flexibility index (Phi) is 24.1. The standard InChI is InChI=1S/C42H64N2O14S2/c1-11-35(45)55-29-41(5,30-56-36(46)12-2)43-39(49)53-25-23-51-21-15-27-59(7,8)33-17-19-34(20-18-33)60(9,10)28-16-22-52-24-26-54-40(50)44-42(6,31-57-37(47)13-3)32-58-38(48)14-4/h11-14,17-20H,1-4,15-16,21-32H2,5-10H3,(H,43,49)(H,44,50). The molecule has 0 heterocycles. The topological polar surface area (TPSA) is 200 Å². The number of benzene rings is 1. The van der Waals surface area contributed by atoms with Gasteiger partial charge in [0.05, 0.1) is 13.2 Å². The van der Waals surface area contributed by atoms with Crippen LogP contribution in [-0.2, 0) is 57.1 Å². The minimum absolute atomic E-state index is 0.00606. The molecule has 2 amide bonds. The van der Waals surface area contributed by atoms with E-state index in [4.69, 9.17) is 37.9 Å². The van der Waals surface area contributed by atoms with E-state index in [1.807, 2.05) is 0 Å². The number of carbonyl (C=O) groups excluding carboxylic acids is 6. The highest BCUT2D eigenvalue weighted by Gasteiger charge is 2.32. The number of alkyl carbamates (subject to hydrolysis) is 2. The van der Waals surface area contributed by atoms with Gasteiger partial charge < -0.3 is 48.5 Å². The first-order valence-corrected chi connectivity index (χ1v) is 24.2. The van der Waals surface area contributed by atoms with Gasteiger partial charge in [0, 0.05) is 37.5 Å². The van der Waals surface area contributed by atoms with E-state index in [1.54, 1.807) is 0 Å². The van der Waals surface area contributed by atoms with Crippen LogP contribution in [0.4, 0.5) is 9.59 Å². The van der Waals surface area contributed by atoms with Gasteiger partial charge >= 0.3 is 36.1 Å². The van der Waals surface area contributed by atoms with E-state index < -0.39 is 67.2 Å². The Morgan fingerprint density at radius 2 is 0.783 bits per heavy atom. The molecule has 0 atom stereocenters. The molecule has 1 aromatic rings. The van der Waals surface area contributed by atoms with Crippen molar-refractivity contribution in [2.75, 3.05) is 103 Å². The lowest BCUT2D eigenvalue weighted by Crippen LogP contribution is -2.53. The summed E-state index contributed by atoms with van der Waals surface area (Å²) in [6.07, 6.45) is 13.1. The van der Waals surface area contributed by atoms with Gasteiger partial charge in [0.2, 0.25) is 0 Å². The van der Waals surface area contributed by atoms with Crippen LogP contribution in [-0.4, -0.2) is 150 Å². The first-order chi connectivity index (χ1) is 28.2. The molecule has 18 heteroatoms. The zero-order chi connectivity index (χ0) is 45.2. The molecule has 0 aromatic heterocycles. The van der Waals surface area contributed by atoms with Crippen molar-refractivity contribution < 1.29 is 66.7 Å². The number of nitrogens with one attached hydrogen (secondary N) is 2. The molecule has 0 saturated carbocycles. The summed E-state index contributed by atoms with van der Waals surface area (Å²) in [5, 5.41) is 5.13. The lowest BCUT2D eigenvalue weighted by Gasteiger charge is -2.35. The number of amides is 2. The van der Waals surface area contributed by atoms with Crippen LogP contribution < -0.4 is 10.6 Å². The lowest BCUT2D eigenvalue weighted by atomic mass is 10.1. The fourth-order valence-electron chi connectivity index (χ4n) is 5.00. The molecule has 0 aliphatic heterocycles. The average molecular weight is 885 g/mol. The Morgan fingerprint density at radius 3 is 1.05 bits per heavy atom. The Labute approximate surface area is 357 Å². The molecular formula is C42H64N2O14S2. The summed E-state index contributed by atoms with van der Waals surface area (Å²) in [4.78, 5) is 73.5. The van der Waals surface area contributed by atoms with Crippen molar-refractivity contribution in [2.45, 2.75) is 47.6 Å². The van der Waals surface area contributed by atoms with E-state index in [1.165, 1.54) is 23.6 Å². The molecular weight excluding hydrogens is 821 g/mol. The Bertz CT molecular complexity index is 1450. The second kappa shape index (κ2) is 27.1. The van der Waals surface area contributed by atoms with Crippen LogP contribution in [0.5, 0.6) is 0 Å². The molecule has 0 saturated heterocycles. The summed E-state index contributed by atoms with van der Waals surface area (Å²) in [6, 6.07) is 8.86. The van der Waals surface area contributed by atoms with Gasteiger partial charge in [0.1, 0.15) is 50.7 Å². The van der Waals surface area contributed by atoms with Crippen LogP contribution in [0.25, 0.3) is 0 Å². The molecule has 0 aliphatic carbocycles. The van der Waals surface area contributed by atoms with E-state index in [-0.39, 0.29) is 52.9 Å². The van der Waals surface area contributed by atoms with E-state index in [0.717, 1.165) is 48.7 Å². The molecule has 0 spiro atoms. The number of esters is 4. The Balaban J connectivity index is 2.44. The second-order valence-electron chi connectivity index (χ2n) is 14.8. The SMILES string of the molecule is C=CC(=O)OCC(C)(COC(=O)C=C)NC(=O)OCCOCCCS(C)(C)c1ccc(S(C)(C)CCCOCCOC(=O)NC(C)(COC(=O)C=C)COC(=O)C=C)cc1. The first-order valence-electron chi connectivity index (χ1n) is 19.0. The van der Waals surface area contributed by atoms with E-state index in [2.05, 4.69) is 86.2 Å². The van der Waals surface area contributed by atoms with Gasteiger partial charge in [-0.1, -0.05) is 26.3 Å². The molecule has 0 bridgehead atoms. The van der Waals surface area contributed by atoms with Crippen LogP contribution in [0.2, 0.25) is 0 Å². The van der Waals surface area contributed by atoms with Crippen molar-refractivity contribution in [2.24, 2.45) is 0 Å². The number of hydrogen-bond donors (Lipinski definition) is 2. The smallest absolute Gasteiger partial charge is 0.407 e. The number of rotatable bonds is 30. The van der Waals surface area contributed by atoms with Gasteiger partial charge in [0.25, 0.3) is 0 Å². The molecule has 0 radical (unpaired) electrons. The first kappa shape index (κ1) is 53.2. The predicted octanol–water partition coefficient (Wildman–Crippen LogP) is 5.23. The summed E-state index contributed by atoms with van der Waals surface area (Å²) in [5.41, 5.74) is -2.50. The van der Waals surface area contributed by atoms with Gasteiger partial charge in [-0.15, -0.1) is 0 Å². The Hall–Kier alpha value is -4.78. The van der Waals surface area contributed by atoms with Crippen molar-refractivity contribution in [3.05, 3.63) is 74.9 Å². The Morgan fingerprint density at radius 1 is 0.500 bits per heavy atom. The highest BCUT2D eigenvalue weighted by Crippen LogP contribution is 2.53. The van der Waals surface area contributed by atoms with E-state index >= 15 is 0 Å². The van der Waals surface area contributed by atoms with Crippen molar-refractivity contribution in [1.82, 2.24) is 10.6 Å². The van der Waals surface area contributed by atoms with Gasteiger partial charge in [-0.25, -0.2) is 48.8 Å². The van der Waals surface area contributed by atoms with Crippen LogP contribution in [0.1, 0.15) is 26.7 Å². The highest BCUT2D eigenvalue weighted by molar-refractivity contribution is 8.33.